The van der Waals surface area contributed by atoms with Gasteiger partial charge >= 0.3 is 7.48 Å². The molecule has 115 valence electrons. The van der Waals surface area contributed by atoms with Gasteiger partial charge in [-0.05, 0) is 67.3 Å². The van der Waals surface area contributed by atoms with Crippen LogP contribution in [0.1, 0.15) is 33.3 Å². The highest BCUT2D eigenvalue weighted by Crippen LogP contribution is 2.27. The van der Waals surface area contributed by atoms with Gasteiger partial charge in [-0.3, -0.25) is 0 Å². The molecule has 0 aliphatic rings. The summed E-state index contributed by atoms with van der Waals surface area (Å²) in [7, 11) is 1.39. The Bertz CT molecular complexity index is 524. The minimum Gasteiger partial charge on any atom is -0.427 e. The van der Waals surface area contributed by atoms with Gasteiger partial charge in [-0.15, -0.1) is 0 Å². The van der Waals surface area contributed by atoms with Crippen molar-refractivity contribution in [2.75, 3.05) is 5.09 Å². The van der Waals surface area contributed by atoms with E-state index in [0.717, 1.165) is 6.21 Å². The van der Waals surface area contributed by atoms with Crippen LogP contribution in [0.3, 0.4) is 0 Å². The molecule has 0 aliphatic heterocycles. The van der Waals surface area contributed by atoms with Crippen LogP contribution >= 0.6 is 28.4 Å². The standard InChI is InChI=1S/C13H19BFIN2O2P/c1-12(2,19)13(3,4)20-14-10-5-8(15)6-11(18-21-16)9(10)7-17/h5-7,17-19,21H,1-4H3. The molecule has 8 heteroatoms. The highest BCUT2D eigenvalue weighted by Gasteiger charge is 2.36. The van der Waals surface area contributed by atoms with Gasteiger partial charge in [-0.25, -0.2) is 4.39 Å². The van der Waals surface area contributed by atoms with E-state index in [9.17, 15) is 9.50 Å². The monoisotopic (exact) mass is 423 g/mol. The SMILES string of the molecule is CC(C)(O)C(C)(C)O[B]c1cc(F)cc(NPI)c1C=N. The lowest BCUT2D eigenvalue weighted by Crippen LogP contribution is -2.49. The van der Waals surface area contributed by atoms with Crippen LogP contribution in [-0.4, -0.2) is 30.0 Å². The topological polar surface area (TPSA) is 65.3 Å². The van der Waals surface area contributed by atoms with Gasteiger partial charge in [0.05, 0.1) is 11.2 Å². The average molecular weight is 423 g/mol. The van der Waals surface area contributed by atoms with Crippen LogP contribution in [0.2, 0.25) is 0 Å². The summed E-state index contributed by atoms with van der Waals surface area (Å²) in [6.45, 7) is 6.79. The Hall–Kier alpha value is -0.235. The number of benzene rings is 1. The molecule has 4 nitrogen and oxygen atoms in total. The maximum Gasteiger partial charge on any atom is 0.331 e. The molecule has 0 heterocycles. The summed E-state index contributed by atoms with van der Waals surface area (Å²) in [6.07, 6.45) is 1.52. The van der Waals surface area contributed by atoms with E-state index < -0.39 is 17.0 Å². The summed E-state index contributed by atoms with van der Waals surface area (Å²) >= 11 is 2.14. The van der Waals surface area contributed by atoms with Crippen LogP contribution in [0.5, 0.6) is 0 Å². The zero-order valence-corrected chi connectivity index (χ0v) is 15.6. The van der Waals surface area contributed by atoms with Crippen LogP contribution in [0, 0.1) is 11.2 Å². The highest BCUT2D eigenvalue weighted by molar-refractivity contribution is 14.2. The zero-order chi connectivity index (χ0) is 16.3. The number of aliphatic hydroxyl groups is 1. The third-order valence-electron chi connectivity index (χ3n) is 3.46. The largest absolute Gasteiger partial charge is 0.427 e. The van der Waals surface area contributed by atoms with Gasteiger partial charge in [-0.2, -0.15) is 0 Å². The first-order chi connectivity index (χ1) is 9.62. The van der Waals surface area contributed by atoms with E-state index in [1.165, 1.54) is 19.6 Å². The second-order valence-electron chi connectivity index (χ2n) is 5.63. The van der Waals surface area contributed by atoms with Crippen molar-refractivity contribution in [3.8, 4) is 0 Å². The lowest BCUT2D eigenvalue weighted by atomic mass is 9.80. The fourth-order valence-corrected chi connectivity index (χ4v) is 2.59. The van der Waals surface area contributed by atoms with Gasteiger partial charge in [0.2, 0.25) is 0 Å². The molecule has 0 amide bonds. The van der Waals surface area contributed by atoms with Gasteiger partial charge in [0.15, 0.2) is 0 Å². The van der Waals surface area contributed by atoms with Crippen LogP contribution in [0.25, 0.3) is 0 Å². The normalized spacial score (nSPS) is 12.7. The van der Waals surface area contributed by atoms with Crippen molar-refractivity contribution in [1.29, 1.82) is 5.41 Å². The molecule has 1 unspecified atom stereocenters. The zero-order valence-electron chi connectivity index (χ0n) is 12.4. The first-order valence-electron chi connectivity index (χ1n) is 6.31. The quantitative estimate of drug-likeness (QED) is 0.274. The smallest absolute Gasteiger partial charge is 0.331 e. The molecule has 21 heavy (non-hydrogen) atoms. The van der Waals surface area contributed by atoms with E-state index >= 15 is 0 Å². The van der Waals surface area contributed by atoms with Crippen molar-refractivity contribution < 1.29 is 14.2 Å². The summed E-state index contributed by atoms with van der Waals surface area (Å²) < 4.78 is 19.3. The van der Waals surface area contributed by atoms with Gasteiger partial charge in [0.1, 0.15) is 5.82 Å². The number of nitrogens with one attached hydrogen (secondary N) is 2. The van der Waals surface area contributed by atoms with Crippen molar-refractivity contribution in [2.45, 2.75) is 38.9 Å². The highest BCUT2D eigenvalue weighted by atomic mass is 127. The molecule has 1 atom stereocenters. The Morgan fingerprint density at radius 2 is 2.05 bits per heavy atom. The molecule has 1 radical (unpaired) electrons. The van der Waals surface area contributed by atoms with Crippen LogP contribution < -0.4 is 10.6 Å². The fraction of sp³-hybridized carbons (Fsp3) is 0.462. The van der Waals surface area contributed by atoms with Crippen molar-refractivity contribution >= 4 is 53.3 Å². The van der Waals surface area contributed by atoms with Gasteiger partial charge < -0.3 is 20.3 Å². The second-order valence-corrected chi connectivity index (χ2v) is 7.68. The van der Waals surface area contributed by atoms with E-state index in [2.05, 4.69) is 27.1 Å². The Balaban J connectivity index is 3.06. The second kappa shape index (κ2) is 7.35. The molecule has 0 bridgehead atoms. The van der Waals surface area contributed by atoms with E-state index in [1.54, 1.807) is 27.7 Å². The number of hydrogen-bond donors (Lipinski definition) is 3. The number of anilines is 1. The molecule has 0 aromatic heterocycles. The Morgan fingerprint density at radius 1 is 1.43 bits per heavy atom. The molecule has 0 fully saturated rings. The number of halogens is 2. The molecular weight excluding hydrogens is 404 g/mol. The van der Waals surface area contributed by atoms with Crippen LogP contribution in [0.15, 0.2) is 12.1 Å². The van der Waals surface area contributed by atoms with Gasteiger partial charge in [0, 0.05) is 23.8 Å². The predicted molar refractivity (Wildman–Crippen MR) is 97.1 cm³/mol. The minimum absolute atomic E-state index is 0.365. The lowest BCUT2D eigenvalue weighted by Gasteiger charge is -2.37. The predicted octanol–water partition coefficient (Wildman–Crippen LogP) is 2.99. The Morgan fingerprint density at radius 3 is 2.52 bits per heavy atom. The molecule has 3 N–H and O–H groups in total. The summed E-state index contributed by atoms with van der Waals surface area (Å²) in [6, 6.07) is 2.66. The molecule has 1 rings (SSSR count). The van der Waals surface area contributed by atoms with E-state index in [0.29, 0.717) is 23.1 Å². The molecule has 1 aromatic rings. The average Bonchev–Trinajstić information content (AvgIpc) is 2.35. The first kappa shape index (κ1) is 18.8. The van der Waals surface area contributed by atoms with Crippen molar-refractivity contribution in [3.05, 3.63) is 23.5 Å². The van der Waals surface area contributed by atoms with E-state index in [4.69, 9.17) is 10.1 Å². The van der Waals surface area contributed by atoms with Gasteiger partial charge in [-0.1, -0.05) is 0 Å². The lowest BCUT2D eigenvalue weighted by molar-refractivity contribution is -0.0893. The summed E-state index contributed by atoms with van der Waals surface area (Å²) in [4.78, 5) is 0. The van der Waals surface area contributed by atoms with Crippen molar-refractivity contribution in [2.24, 2.45) is 0 Å². The molecular formula is C13H19BFIN2O2P. The van der Waals surface area contributed by atoms with Crippen LogP contribution in [0.4, 0.5) is 10.1 Å². The molecule has 0 spiro atoms. The Kier molecular flexibility index (Phi) is 6.59. The van der Waals surface area contributed by atoms with Crippen LogP contribution in [-0.2, 0) is 4.65 Å². The maximum absolute atomic E-state index is 13.7. The third kappa shape index (κ3) is 4.88. The maximum atomic E-state index is 13.7. The minimum atomic E-state index is -1.06. The number of hydrogen-bond acceptors (Lipinski definition) is 4. The summed E-state index contributed by atoms with van der Waals surface area (Å²) in [5.41, 5.74) is -0.357. The van der Waals surface area contributed by atoms with E-state index in [-0.39, 0.29) is 0 Å². The number of rotatable bonds is 7. The van der Waals surface area contributed by atoms with Crippen molar-refractivity contribution in [1.82, 2.24) is 0 Å². The van der Waals surface area contributed by atoms with Gasteiger partial charge in [0.25, 0.3) is 0 Å². The third-order valence-corrected chi connectivity index (χ3v) is 4.63. The molecule has 1 aromatic carbocycles. The van der Waals surface area contributed by atoms with Crippen molar-refractivity contribution in [3.63, 3.8) is 0 Å². The molecule has 0 saturated carbocycles. The molecule has 0 saturated heterocycles. The fourth-order valence-electron chi connectivity index (χ4n) is 1.41. The Labute approximate surface area is 140 Å². The van der Waals surface area contributed by atoms with E-state index in [1.807, 2.05) is 0 Å². The summed E-state index contributed by atoms with van der Waals surface area (Å²) in [5.74, 6) is -0.409. The first-order valence-corrected chi connectivity index (χ1v) is 10.4. The summed E-state index contributed by atoms with van der Waals surface area (Å²) in [5, 5.41) is 20.6. The molecule has 0 aliphatic carbocycles.